The lowest BCUT2D eigenvalue weighted by Crippen LogP contribution is -2.51. The molecule has 2 bridgehead atoms. The molecule has 5 heterocycles. The van der Waals surface area contributed by atoms with Crippen molar-refractivity contribution in [1.82, 2.24) is 24.0 Å². The summed E-state index contributed by atoms with van der Waals surface area (Å²) < 4.78 is 4.03. The van der Waals surface area contributed by atoms with Crippen molar-refractivity contribution in [3.63, 3.8) is 0 Å². The molecule has 1 saturated carbocycles. The number of hydrogen-bond donors (Lipinski definition) is 2. The van der Waals surface area contributed by atoms with E-state index < -0.39 is 11.9 Å². The van der Waals surface area contributed by atoms with Gasteiger partial charge in [-0.15, -0.1) is 0 Å². The summed E-state index contributed by atoms with van der Waals surface area (Å²) in [6, 6.07) is 10.9. The van der Waals surface area contributed by atoms with Crippen LogP contribution in [0.4, 0.5) is 5.82 Å². The average molecular weight is 552 g/mol. The molecule has 3 aliphatic rings. The van der Waals surface area contributed by atoms with Crippen molar-refractivity contribution in [2.75, 3.05) is 5.32 Å². The number of aromatic nitrogens is 4. The average Bonchev–Trinajstić information content (AvgIpc) is 3.75. The molecule has 2 aliphatic heterocycles. The lowest BCUT2D eigenvalue weighted by Gasteiger charge is -2.34. The summed E-state index contributed by atoms with van der Waals surface area (Å²) in [6.07, 6.45) is 9.42. The lowest BCUT2D eigenvalue weighted by molar-refractivity contribution is -0.141. The number of benzene rings is 1. The number of primary amides is 1. The van der Waals surface area contributed by atoms with E-state index >= 15 is 0 Å². The van der Waals surface area contributed by atoms with Gasteiger partial charge in [0.25, 0.3) is 5.91 Å². The van der Waals surface area contributed by atoms with Crippen LogP contribution >= 0.6 is 0 Å². The fraction of sp³-hybridized carbons (Fsp3) is 0.387. The normalized spacial score (nSPS) is 21.3. The van der Waals surface area contributed by atoms with Gasteiger partial charge in [0, 0.05) is 47.4 Å². The molecule has 1 aliphatic carbocycles. The summed E-state index contributed by atoms with van der Waals surface area (Å²) >= 11 is 0. The highest BCUT2D eigenvalue weighted by Crippen LogP contribution is 2.43. The fourth-order valence-electron chi connectivity index (χ4n) is 7.15. The van der Waals surface area contributed by atoms with Crippen molar-refractivity contribution in [2.45, 2.75) is 70.6 Å². The Balaban J connectivity index is 1.18. The van der Waals surface area contributed by atoms with Crippen LogP contribution in [0.3, 0.4) is 0 Å². The molecule has 1 aromatic carbocycles. The standard InChI is InChI=1S/C31H33N7O3/c1-18-5-4-6-26(34-18)35-31(41)29-20-8-10-21(13-20)38(29)28(39)17-36-16-23(30(32)40)22-14-19(9-11-24(22)36)25-15-33-27-7-2-3-12-37(25)27/h4-6,9,11,14-16,20-21,29H,2-3,7-8,10,12-13,17H2,1H3,(H2,32,40)(H,34,35,41)/t20-,21+,29-/m0/s1. The molecule has 41 heavy (non-hydrogen) atoms. The van der Waals surface area contributed by atoms with Gasteiger partial charge in [-0.1, -0.05) is 12.1 Å². The van der Waals surface area contributed by atoms with Gasteiger partial charge >= 0.3 is 0 Å². The fourth-order valence-corrected chi connectivity index (χ4v) is 7.15. The Morgan fingerprint density at radius 3 is 2.83 bits per heavy atom. The van der Waals surface area contributed by atoms with Crippen LogP contribution < -0.4 is 11.1 Å². The van der Waals surface area contributed by atoms with Gasteiger partial charge in [0.1, 0.15) is 24.2 Å². The molecule has 4 aromatic rings. The number of carbonyl (C=O) groups is 3. The Kier molecular flexibility index (Phi) is 6.13. The molecular weight excluding hydrogens is 518 g/mol. The number of nitrogens with one attached hydrogen (secondary N) is 1. The number of likely N-dealkylation sites (tertiary alicyclic amines) is 1. The van der Waals surface area contributed by atoms with Crippen LogP contribution in [0.1, 0.15) is 54.0 Å². The molecule has 0 spiro atoms. The third-order valence-electron chi connectivity index (χ3n) is 9.00. The first-order valence-corrected chi connectivity index (χ1v) is 14.4. The molecule has 0 unspecified atom stereocenters. The van der Waals surface area contributed by atoms with Crippen LogP contribution in [0, 0.1) is 12.8 Å². The van der Waals surface area contributed by atoms with Gasteiger partial charge in [0.2, 0.25) is 11.8 Å². The number of nitrogens with two attached hydrogens (primary N) is 1. The van der Waals surface area contributed by atoms with Crippen molar-refractivity contribution >= 4 is 34.4 Å². The van der Waals surface area contributed by atoms with Crippen molar-refractivity contribution in [1.29, 1.82) is 0 Å². The molecule has 0 radical (unpaired) electrons. The summed E-state index contributed by atoms with van der Waals surface area (Å²) in [5, 5.41) is 3.63. The number of anilines is 1. The third-order valence-corrected chi connectivity index (χ3v) is 9.00. The second kappa shape index (κ2) is 9.87. The predicted molar refractivity (Wildman–Crippen MR) is 154 cm³/mol. The number of piperidine rings is 1. The molecule has 1 saturated heterocycles. The van der Waals surface area contributed by atoms with E-state index in [1.165, 1.54) is 0 Å². The van der Waals surface area contributed by atoms with E-state index in [0.29, 0.717) is 16.8 Å². The molecular formula is C31H33N7O3. The van der Waals surface area contributed by atoms with Crippen LogP contribution in [0.15, 0.2) is 48.8 Å². The first-order chi connectivity index (χ1) is 19.9. The molecule has 3 atom stereocenters. The van der Waals surface area contributed by atoms with Gasteiger partial charge in [-0.05, 0) is 69.2 Å². The van der Waals surface area contributed by atoms with E-state index in [-0.39, 0.29) is 30.3 Å². The number of fused-ring (bicyclic) bond motifs is 4. The zero-order chi connectivity index (χ0) is 28.2. The van der Waals surface area contributed by atoms with E-state index in [2.05, 4.69) is 19.9 Å². The van der Waals surface area contributed by atoms with Crippen molar-refractivity contribution in [3.05, 3.63) is 65.9 Å². The van der Waals surface area contributed by atoms with Crippen LogP contribution in [-0.2, 0) is 29.1 Å². The predicted octanol–water partition coefficient (Wildman–Crippen LogP) is 3.66. The van der Waals surface area contributed by atoms with Crippen LogP contribution in [0.25, 0.3) is 22.2 Å². The molecule has 10 nitrogen and oxygen atoms in total. The quantitative estimate of drug-likeness (QED) is 0.378. The smallest absolute Gasteiger partial charge is 0.250 e. The van der Waals surface area contributed by atoms with Gasteiger partial charge < -0.3 is 25.1 Å². The number of hydrogen-bond acceptors (Lipinski definition) is 5. The van der Waals surface area contributed by atoms with Crippen molar-refractivity contribution < 1.29 is 14.4 Å². The first-order valence-electron chi connectivity index (χ1n) is 14.4. The zero-order valence-corrected chi connectivity index (χ0v) is 23.0. The highest BCUT2D eigenvalue weighted by Gasteiger charge is 2.51. The Hall–Kier alpha value is -4.47. The number of aryl methyl sites for hydroxylation is 2. The second-order valence-electron chi connectivity index (χ2n) is 11.6. The zero-order valence-electron chi connectivity index (χ0n) is 23.0. The lowest BCUT2D eigenvalue weighted by atomic mass is 9.97. The maximum absolute atomic E-state index is 13.8. The minimum Gasteiger partial charge on any atom is -0.366 e. The van der Waals surface area contributed by atoms with Gasteiger partial charge in [-0.3, -0.25) is 14.4 Å². The molecule has 7 rings (SSSR count). The summed E-state index contributed by atoms with van der Waals surface area (Å²) in [4.78, 5) is 50.5. The van der Waals surface area contributed by atoms with Crippen LogP contribution in [0.2, 0.25) is 0 Å². The molecule has 3 amide bonds. The van der Waals surface area contributed by atoms with Crippen LogP contribution in [0.5, 0.6) is 0 Å². The number of rotatable bonds is 6. The van der Waals surface area contributed by atoms with Crippen molar-refractivity contribution in [2.24, 2.45) is 11.7 Å². The minimum atomic E-state index is -0.545. The summed E-state index contributed by atoms with van der Waals surface area (Å²) in [6.45, 7) is 2.81. The Labute approximate surface area is 237 Å². The molecule has 10 heteroatoms. The highest BCUT2D eigenvalue weighted by atomic mass is 16.2. The minimum absolute atomic E-state index is 0.0148. The third kappa shape index (κ3) is 4.38. The highest BCUT2D eigenvalue weighted by molar-refractivity contribution is 6.07. The SMILES string of the molecule is Cc1cccc(NC(=O)[C@@H]2[C@H]3CC[C@H](C3)N2C(=O)Cn2cc(C(N)=O)c3cc(-c4cnc5n4CCCC5)ccc32)n1. The topological polar surface area (TPSA) is 128 Å². The second-order valence-corrected chi connectivity index (χ2v) is 11.6. The molecule has 3 aromatic heterocycles. The summed E-state index contributed by atoms with van der Waals surface area (Å²) in [5.74, 6) is 0.811. The van der Waals surface area contributed by atoms with Crippen molar-refractivity contribution in [3.8, 4) is 11.3 Å². The molecule has 2 fully saturated rings. The first kappa shape index (κ1) is 25.5. The van der Waals surface area contributed by atoms with E-state index in [9.17, 15) is 14.4 Å². The largest absolute Gasteiger partial charge is 0.366 e. The Bertz CT molecular complexity index is 1700. The number of pyridine rings is 1. The van der Waals surface area contributed by atoms with Gasteiger partial charge in [-0.25, -0.2) is 9.97 Å². The summed E-state index contributed by atoms with van der Waals surface area (Å²) in [5.41, 5.74) is 9.71. The van der Waals surface area contributed by atoms with E-state index in [1.807, 2.05) is 43.5 Å². The van der Waals surface area contributed by atoms with E-state index in [0.717, 1.165) is 73.4 Å². The van der Waals surface area contributed by atoms with Gasteiger partial charge in [0.15, 0.2) is 0 Å². The molecule has 3 N–H and O–H groups in total. The number of carbonyl (C=O) groups excluding carboxylic acids is 3. The Morgan fingerprint density at radius 2 is 2.00 bits per heavy atom. The van der Waals surface area contributed by atoms with E-state index in [4.69, 9.17) is 5.73 Å². The Morgan fingerprint density at radius 1 is 1.12 bits per heavy atom. The monoisotopic (exact) mass is 551 g/mol. The number of nitrogens with zero attached hydrogens (tertiary/aromatic N) is 5. The van der Waals surface area contributed by atoms with Gasteiger partial charge in [0.05, 0.1) is 17.5 Å². The van der Waals surface area contributed by atoms with Gasteiger partial charge in [-0.2, -0.15) is 0 Å². The maximum atomic E-state index is 13.8. The molecule has 210 valence electrons. The van der Waals surface area contributed by atoms with E-state index in [1.54, 1.807) is 21.7 Å². The maximum Gasteiger partial charge on any atom is 0.250 e. The van der Waals surface area contributed by atoms with Crippen LogP contribution in [-0.4, -0.2) is 53.8 Å². The summed E-state index contributed by atoms with van der Waals surface area (Å²) in [7, 11) is 0. The number of imidazole rings is 1. The number of amides is 3.